The molecule has 0 N–H and O–H groups in total. The zero-order valence-corrected chi connectivity index (χ0v) is 9.48. The van der Waals surface area contributed by atoms with Gasteiger partial charge in [0.15, 0.2) is 0 Å². The molecule has 0 heterocycles. The van der Waals surface area contributed by atoms with Gasteiger partial charge < -0.3 is 9.53 Å². The Morgan fingerprint density at radius 1 is 1.31 bits per heavy atom. The maximum absolute atomic E-state index is 11.0. The molecule has 1 aromatic carbocycles. The topological polar surface area (TPSA) is 26.3 Å². The number of benzene rings is 1. The summed E-state index contributed by atoms with van der Waals surface area (Å²) in [4.78, 5) is 11.0. The number of rotatable bonds is 4. The number of methoxy groups -OCH3 is 1. The minimum Gasteiger partial charge on any atom is -0.497 e. The Labute approximate surface area is 95.6 Å². The molecule has 2 aliphatic carbocycles. The lowest BCUT2D eigenvalue weighted by Crippen LogP contribution is -2.13. The molecule has 1 aromatic rings. The highest BCUT2D eigenvalue weighted by Gasteiger charge is 2.62. The standard InChI is InChI=1S/C14H16O2/c1-16-13-6-4-11(5-7-13)14(10-2-3-10)8-12(14)9-15/h4-7,9-10,12H,2-3,8H2,1H3. The van der Waals surface area contributed by atoms with Gasteiger partial charge in [0.05, 0.1) is 7.11 Å². The van der Waals surface area contributed by atoms with Gasteiger partial charge in [-0.1, -0.05) is 12.1 Å². The van der Waals surface area contributed by atoms with Gasteiger partial charge in [-0.25, -0.2) is 0 Å². The Morgan fingerprint density at radius 3 is 2.44 bits per heavy atom. The van der Waals surface area contributed by atoms with Crippen LogP contribution in [0.25, 0.3) is 0 Å². The Hall–Kier alpha value is -1.31. The fraction of sp³-hybridized carbons (Fsp3) is 0.500. The van der Waals surface area contributed by atoms with Crippen LogP contribution in [-0.2, 0) is 10.2 Å². The van der Waals surface area contributed by atoms with Crippen LogP contribution in [0, 0.1) is 11.8 Å². The van der Waals surface area contributed by atoms with Crippen molar-refractivity contribution in [2.24, 2.45) is 11.8 Å². The molecule has 2 aliphatic rings. The first-order valence-electron chi connectivity index (χ1n) is 5.91. The number of aldehydes is 1. The molecular weight excluding hydrogens is 200 g/mol. The van der Waals surface area contributed by atoms with Crippen molar-refractivity contribution in [2.75, 3.05) is 7.11 Å². The summed E-state index contributed by atoms with van der Waals surface area (Å²) >= 11 is 0. The van der Waals surface area contributed by atoms with Crippen molar-refractivity contribution < 1.29 is 9.53 Å². The van der Waals surface area contributed by atoms with E-state index in [0.717, 1.165) is 24.4 Å². The first-order chi connectivity index (χ1) is 7.81. The fourth-order valence-corrected chi connectivity index (χ4v) is 3.01. The van der Waals surface area contributed by atoms with Gasteiger partial charge in [0.1, 0.15) is 12.0 Å². The molecule has 0 aromatic heterocycles. The van der Waals surface area contributed by atoms with Crippen LogP contribution in [0.15, 0.2) is 24.3 Å². The lowest BCUT2D eigenvalue weighted by molar-refractivity contribution is -0.109. The molecule has 2 unspecified atom stereocenters. The van der Waals surface area contributed by atoms with Gasteiger partial charge in [-0.2, -0.15) is 0 Å². The van der Waals surface area contributed by atoms with Crippen LogP contribution in [0.2, 0.25) is 0 Å². The van der Waals surface area contributed by atoms with E-state index < -0.39 is 0 Å². The SMILES string of the molecule is COc1ccc(C2(C3CC3)CC2C=O)cc1. The van der Waals surface area contributed by atoms with Gasteiger partial charge in [0.25, 0.3) is 0 Å². The second kappa shape index (κ2) is 3.34. The molecule has 0 aliphatic heterocycles. The number of carbonyl (C=O) groups excluding carboxylic acids is 1. The van der Waals surface area contributed by atoms with Crippen LogP contribution in [0.5, 0.6) is 5.75 Å². The quantitative estimate of drug-likeness (QED) is 0.723. The maximum Gasteiger partial charge on any atom is 0.124 e. The first-order valence-corrected chi connectivity index (χ1v) is 5.91. The smallest absolute Gasteiger partial charge is 0.124 e. The lowest BCUT2D eigenvalue weighted by Gasteiger charge is -2.16. The number of hydrogen-bond donors (Lipinski definition) is 0. The van der Waals surface area contributed by atoms with E-state index in [-0.39, 0.29) is 11.3 Å². The van der Waals surface area contributed by atoms with Crippen LogP contribution >= 0.6 is 0 Å². The van der Waals surface area contributed by atoms with Crippen LogP contribution < -0.4 is 4.74 Å². The second-order valence-corrected chi connectivity index (χ2v) is 4.99. The highest BCUT2D eigenvalue weighted by atomic mass is 16.5. The van der Waals surface area contributed by atoms with E-state index in [2.05, 4.69) is 12.1 Å². The van der Waals surface area contributed by atoms with Crippen molar-refractivity contribution in [2.45, 2.75) is 24.7 Å². The molecule has 16 heavy (non-hydrogen) atoms. The molecule has 0 radical (unpaired) electrons. The Morgan fingerprint density at radius 2 is 2.00 bits per heavy atom. The fourth-order valence-electron chi connectivity index (χ4n) is 3.01. The molecule has 0 spiro atoms. The highest BCUT2D eigenvalue weighted by Crippen LogP contribution is 2.65. The van der Waals surface area contributed by atoms with Crippen LogP contribution in [0.1, 0.15) is 24.8 Å². The molecule has 2 atom stereocenters. The predicted octanol–water partition coefficient (Wildman–Crippen LogP) is 2.56. The van der Waals surface area contributed by atoms with Crippen molar-refractivity contribution >= 4 is 6.29 Å². The van der Waals surface area contributed by atoms with Gasteiger partial charge in [-0.3, -0.25) is 0 Å². The molecule has 2 heteroatoms. The summed E-state index contributed by atoms with van der Waals surface area (Å²) in [5.41, 5.74) is 1.52. The van der Waals surface area contributed by atoms with E-state index >= 15 is 0 Å². The largest absolute Gasteiger partial charge is 0.497 e. The number of carbonyl (C=O) groups is 1. The first kappa shape index (κ1) is 9.88. The summed E-state index contributed by atoms with van der Waals surface area (Å²) in [5, 5.41) is 0. The monoisotopic (exact) mass is 216 g/mol. The third-order valence-corrected chi connectivity index (χ3v) is 4.16. The minimum atomic E-state index is 0.189. The van der Waals surface area contributed by atoms with Crippen molar-refractivity contribution in [3.8, 4) is 5.75 Å². The average Bonchev–Trinajstić information content (AvgIpc) is 3.20. The molecule has 3 rings (SSSR count). The van der Waals surface area contributed by atoms with Gasteiger partial charge in [-0.15, -0.1) is 0 Å². The Bertz CT molecular complexity index is 405. The van der Waals surface area contributed by atoms with Crippen LogP contribution in [-0.4, -0.2) is 13.4 Å². The van der Waals surface area contributed by atoms with E-state index in [1.54, 1.807) is 7.11 Å². The van der Waals surface area contributed by atoms with E-state index in [4.69, 9.17) is 4.74 Å². The zero-order chi connectivity index (χ0) is 11.2. The molecule has 0 saturated heterocycles. The lowest BCUT2D eigenvalue weighted by atomic mass is 9.88. The normalized spacial score (nSPS) is 32.2. The molecule has 2 saturated carbocycles. The second-order valence-electron chi connectivity index (χ2n) is 4.99. The van der Waals surface area contributed by atoms with Crippen LogP contribution in [0.3, 0.4) is 0 Å². The average molecular weight is 216 g/mol. The highest BCUT2D eigenvalue weighted by molar-refractivity contribution is 5.65. The van der Waals surface area contributed by atoms with Gasteiger partial charge in [0, 0.05) is 11.3 Å². The zero-order valence-electron chi connectivity index (χ0n) is 9.48. The van der Waals surface area contributed by atoms with Crippen molar-refractivity contribution in [1.29, 1.82) is 0 Å². The van der Waals surface area contributed by atoms with Crippen LogP contribution in [0.4, 0.5) is 0 Å². The maximum atomic E-state index is 11.0. The minimum absolute atomic E-state index is 0.189. The summed E-state index contributed by atoms with van der Waals surface area (Å²) < 4.78 is 5.16. The molecule has 2 nitrogen and oxygen atoms in total. The van der Waals surface area contributed by atoms with Crippen molar-refractivity contribution in [3.63, 3.8) is 0 Å². The number of ether oxygens (including phenoxy) is 1. The molecule has 84 valence electrons. The van der Waals surface area contributed by atoms with E-state index in [1.807, 2.05) is 12.1 Å². The summed E-state index contributed by atoms with van der Waals surface area (Å²) in [6.07, 6.45) is 4.77. The van der Waals surface area contributed by atoms with Gasteiger partial charge >= 0.3 is 0 Å². The Kier molecular flexibility index (Phi) is 2.06. The van der Waals surface area contributed by atoms with Gasteiger partial charge in [-0.05, 0) is 42.9 Å². The molecule has 2 fully saturated rings. The van der Waals surface area contributed by atoms with Crippen molar-refractivity contribution in [3.05, 3.63) is 29.8 Å². The van der Waals surface area contributed by atoms with E-state index in [0.29, 0.717) is 0 Å². The van der Waals surface area contributed by atoms with E-state index in [9.17, 15) is 4.79 Å². The summed E-state index contributed by atoms with van der Waals surface area (Å²) in [6, 6.07) is 8.25. The Balaban J connectivity index is 1.92. The van der Waals surface area contributed by atoms with E-state index in [1.165, 1.54) is 18.4 Å². The van der Waals surface area contributed by atoms with Gasteiger partial charge in [0.2, 0.25) is 0 Å². The summed E-state index contributed by atoms with van der Waals surface area (Å²) in [7, 11) is 1.68. The summed E-state index contributed by atoms with van der Waals surface area (Å²) in [6.45, 7) is 0. The predicted molar refractivity (Wildman–Crippen MR) is 61.6 cm³/mol. The van der Waals surface area contributed by atoms with Crippen molar-refractivity contribution in [1.82, 2.24) is 0 Å². The number of hydrogen-bond acceptors (Lipinski definition) is 2. The molecular formula is C14H16O2. The summed E-state index contributed by atoms with van der Waals surface area (Å²) in [5.74, 6) is 1.89. The molecule has 0 bridgehead atoms. The molecule has 0 amide bonds. The third kappa shape index (κ3) is 1.29. The third-order valence-electron chi connectivity index (χ3n) is 4.16.